The molecule has 0 spiro atoms. The Labute approximate surface area is 104 Å². The van der Waals surface area contributed by atoms with E-state index in [1.807, 2.05) is 12.1 Å². The molecule has 15 heavy (non-hydrogen) atoms. The van der Waals surface area contributed by atoms with Gasteiger partial charge in [0.15, 0.2) is 0 Å². The Hall–Kier alpha value is -0.240. The third kappa shape index (κ3) is 4.87. The van der Waals surface area contributed by atoms with Crippen molar-refractivity contribution in [1.29, 1.82) is 0 Å². The van der Waals surface area contributed by atoms with Gasteiger partial charge >= 0.3 is 0 Å². The first-order chi connectivity index (χ1) is 7.09. The maximum atomic E-state index is 10.5. The zero-order chi connectivity index (χ0) is 11.3. The predicted octanol–water partition coefficient (Wildman–Crippen LogP) is 4.47. The van der Waals surface area contributed by atoms with E-state index >= 15 is 0 Å². The molecule has 0 aliphatic carbocycles. The van der Waals surface area contributed by atoms with Crippen LogP contribution >= 0.6 is 34.8 Å². The van der Waals surface area contributed by atoms with Crippen molar-refractivity contribution in [2.45, 2.75) is 25.7 Å². The molecule has 0 saturated heterocycles. The average molecular weight is 266 g/mol. The first-order valence-electron chi connectivity index (χ1n) is 4.72. The van der Waals surface area contributed by atoms with Crippen LogP contribution in [0.5, 0.6) is 0 Å². The Bertz CT molecular complexity index is 350. The molecule has 0 atom stereocenters. The fourth-order valence-corrected chi connectivity index (χ4v) is 1.74. The number of carbonyl (C=O) groups is 1. The van der Waals surface area contributed by atoms with Crippen LogP contribution in [0.1, 0.15) is 24.8 Å². The Balaban J connectivity index is 2.38. The quantitative estimate of drug-likeness (QED) is 0.567. The van der Waals surface area contributed by atoms with Crippen LogP contribution in [0, 0.1) is 0 Å². The standard InChI is InChI=1S/C11H11Cl3O/c12-9-6-5-8(7-10(9)13)3-1-2-4-11(14)15/h5-7H,1-4H2. The van der Waals surface area contributed by atoms with Crippen LogP contribution in [0.4, 0.5) is 0 Å². The topological polar surface area (TPSA) is 17.1 Å². The smallest absolute Gasteiger partial charge is 0.221 e. The summed E-state index contributed by atoms with van der Waals surface area (Å²) in [5, 5.41) is 0.864. The van der Waals surface area contributed by atoms with Gasteiger partial charge in [0.2, 0.25) is 5.24 Å². The number of aryl methyl sites for hydroxylation is 1. The van der Waals surface area contributed by atoms with Gasteiger partial charge in [-0.2, -0.15) is 0 Å². The van der Waals surface area contributed by atoms with E-state index in [1.54, 1.807) is 6.07 Å². The molecule has 0 fully saturated rings. The van der Waals surface area contributed by atoms with Gasteiger partial charge in [-0.1, -0.05) is 29.3 Å². The summed E-state index contributed by atoms with van der Waals surface area (Å²) in [5.74, 6) is 0. The van der Waals surface area contributed by atoms with Gasteiger partial charge in [-0.25, -0.2) is 0 Å². The highest BCUT2D eigenvalue weighted by Gasteiger charge is 2.00. The maximum absolute atomic E-state index is 10.5. The highest BCUT2D eigenvalue weighted by atomic mass is 35.5. The van der Waals surface area contributed by atoms with Gasteiger partial charge in [0.05, 0.1) is 10.0 Å². The molecule has 4 heteroatoms. The minimum absolute atomic E-state index is 0.274. The lowest BCUT2D eigenvalue weighted by atomic mass is 10.1. The van der Waals surface area contributed by atoms with Crippen molar-refractivity contribution >= 4 is 40.0 Å². The van der Waals surface area contributed by atoms with E-state index in [0.29, 0.717) is 16.5 Å². The second-order valence-corrected chi connectivity index (χ2v) is 4.55. The van der Waals surface area contributed by atoms with Gasteiger partial charge in [0.25, 0.3) is 0 Å². The Morgan fingerprint density at radius 3 is 2.47 bits per heavy atom. The summed E-state index contributed by atoms with van der Waals surface area (Å²) in [7, 11) is 0. The monoisotopic (exact) mass is 264 g/mol. The van der Waals surface area contributed by atoms with Crippen molar-refractivity contribution in [3.8, 4) is 0 Å². The van der Waals surface area contributed by atoms with E-state index in [9.17, 15) is 4.79 Å². The normalized spacial score (nSPS) is 10.3. The van der Waals surface area contributed by atoms with Crippen molar-refractivity contribution < 1.29 is 4.79 Å². The molecule has 0 heterocycles. The SMILES string of the molecule is O=C(Cl)CCCCc1ccc(Cl)c(Cl)c1. The van der Waals surface area contributed by atoms with Crippen LogP contribution in [0.25, 0.3) is 0 Å². The predicted molar refractivity (Wildman–Crippen MR) is 64.9 cm³/mol. The van der Waals surface area contributed by atoms with E-state index in [1.165, 1.54) is 0 Å². The first kappa shape index (κ1) is 12.8. The molecule has 82 valence electrons. The molecule has 1 rings (SSSR count). The van der Waals surface area contributed by atoms with Gasteiger partial charge in [-0.15, -0.1) is 0 Å². The highest BCUT2D eigenvalue weighted by Crippen LogP contribution is 2.23. The number of rotatable bonds is 5. The molecule has 1 nitrogen and oxygen atoms in total. The lowest BCUT2D eigenvalue weighted by Crippen LogP contribution is -1.89. The molecule has 0 unspecified atom stereocenters. The van der Waals surface area contributed by atoms with Gasteiger partial charge in [-0.3, -0.25) is 4.79 Å². The van der Waals surface area contributed by atoms with Crippen molar-refractivity contribution in [3.63, 3.8) is 0 Å². The van der Waals surface area contributed by atoms with E-state index in [2.05, 4.69) is 0 Å². The number of unbranched alkanes of at least 4 members (excludes halogenated alkanes) is 1. The molecule has 0 saturated carbocycles. The Morgan fingerprint density at radius 1 is 1.13 bits per heavy atom. The summed E-state index contributed by atoms with van der Waals surface area (Å²) in [5.41, 5.74) is 1.13. The molecule has 0 amide bonds. The second kappa shape index (κ2) is 6.37. The van der Waals surface area contributed by atoms with Gasteiger partial charge in [0.1, 0.15) is 0 Å². The minimum Gasteiger partial charge on any atom is -0.281 e. The average Bonchev–Trinajstić information content (AvgIpc) is 2.18. The van der Waals surface area contributed by atoms with Crippen LogP contribution in [-0.2, 0) is 11.2 Å². The molecule has 0 bridgehead atoms. The van der Waals surface area contributed by atoms with Crippen LogP contribution in [0.3, 0.4) is 0 Å². The van der Waals surface area contributed by atoms with E-state index in [0.717, 1.165) is 24.8 Å². The third-order valence-electron chi connectivity index (χ3n) is 2.07. The molecule has 1 aromatic carbocycles. The van der Waals surface area contributed by atoms with Gasteiger partial charge in [0, 0.05) is 6.42 Å². The van der Waals surface area contributed by atoms with Crippen molar-refractivity contribution in [3.05, 3.63) is 33.8 Å². The van der Waals surface area contributed by atoms with E-state index in [4.69, 9.17) is 34.8 Å². The molecule has 0 radical (unpaired) electrons. The van der Waals surface area contributed by atoms with Crippen molar-refractivity contribution in [2.75, 3.05) is 0 Å². The van der Waals surface area contributed by atoms with Gasteiger partial charge < -0.3 is 0 Å². The van der Waals surface area contributed by atoms with Crippen molar-refractivity contribution in [1.82, 2.24) is 0 Å². The Morgan fingerprint density at radius 2 is 1.87 bits per heavy atom. The molecular weight excluding hydrogens is 254 g/mol. The fourth-order valence-electron chi connectivity index (χ4n) is 1.29. The number of halogens is 3. The van der Waals surface area contributed by atoms with Crippen LogP contribution in [0.2, 0.25) is 10.0 Å². The summed E-state index contributed by atoms with van der Waals surface area (Å²) >= 11 is 16.9. The summed E-state index contributed by atoms with van der Waals surface area (Å²) in [6.07, 6.45) is 3.06. The molecule has 0 N–H and O–H groups in total. The number of hydrogen-bond acceptors (Lipinski definition) is 1. The van der Waals surface area contributed by atoms with Crippen LogP contribution in [-0.4, -0.2) is 5.24 Å². The van der Waals surface area contributed by atoms with Crippen molar-refractivity contribution in [2.24, 2.45) is 0 Å². The largest absolute Gasteiger partial charge is 0.281 e. The summed E-state index contributed by atoms with van der Waals surface area (Å²) in [6.45, 7) is 0. The zero-order valence-electron chi connectivity index (χ0n) is 8.10. The lowest BCUT2D eigenvalue weighted by molar-refractivity contribution is -0.111. The Kier molecular flexibility index (Phi) is 5.44. The van der Waals surface area contributed by atoms with Gasteiger partial charge in [-0.05, 0) is 48.6 Å². The number of hydrogen-bond donors (Lipinski definition) is 0. The summed E-state index contributed by atoms with van der Waals surface area (Å²) in [6, 6.07) is 5.58. The molecule has 0 aliphatic heterocycles. The fraction of sp³-hybridized carbons (Fsp3) is 0.364. The van der Waals surface area contributed by atoms with E-state index < -0.39 is 0 Å². The second-order valence-electron chi connectivity index (χ2n) is 3.31. The van der Waals surface area contributed by atoms with Crippen LogP contribution < -0.4 is 0 Å². The molecular formula is C11H11Cl3O. The first-order valence-corrected chi connectivity index (χ1v) is 5.85. The number of carbonyl (C=O) groups excluding carboxylic acids is 1. The molecule has 1 aromatic rings. The maximum Gasteiger partial charge on any atom is 0.221 e. The summed E-state index contributed by atoms with van der Waals surface area (Å²) < 4.78 is 0. The minimum atomic E-state index is -0.274. The summed E-state index contributed by atoms with van der Waals surface area (Å²) in [4.78, 5) is 10.5. The van der Waals surface area contributed by atoms with E-state index in [-0.39, 0.29) is 5.24 Å². The zero-order valence-corrected chi connectivity index (χ0v) is 10.4. The molecule has 0 aromatic heterocycles. The van der Waals surface area contributed by atoms with Crippen LogP contribution in [0.15, 0.2) is 18.2 Å². The lowest BCUT2D eigenvalue weighted by Gasteiger charge is -2.02. The third-order valence-corrected chi connectivity index (χ3v) is 3.00. The molecule has 0 aliphatic rings. The highest BCUT2D eigenvalue weighted by molar-refractivity contribution is 6.63. The number of benzene rings is 1.